The molecule has 0 spiro atoms. The van der Waals surface area contributed by atoms with Crippen LogP contribution < -0.4 is 10.1 Å². The fourth-order valence-electron chi connectivity index (χ4n) is 2.63. The lowest BCUT2D eigenvalue weighted by atomic mass is 9.82. The molecule has 0 aliphatic heterocycles. The number of rotatable bonds is 8. The standard InChI is InChI=1S/C22H26F3NO2/c1-4-21(2,3)16-10-12-19(13-11-16)28-14-6-9-20(27)26-18-8-5-7-17(15-18)22(23,24)25/h5,7-8,10-13,15H,4,6,9,14H2,1-3H3,(H,26,27). The molecular weight excluding hydrogens is 367 g/mol. The molecule has 152 valence electrons. The van der Waals surface area contributed by atoms with Gasteiger partial charge in [-0.25, -0.2) is 0 Å². The molecule has 0 saturated carbocycles. The Labute approximate surface area is 163 Å². The van der Waals surface area contributed by atoms with E-state index in [-0.39, 0.29) is 23.4 Å². The first kappa shape index (κ1) is 21.8. The van der Waals surface area contributed by atoms with E-state index in [1.165, 1.54) is 17.7 Å². The number of carbonyl (C=O) groups is 1. The van der Waals surface area contributed by atoms with E-state index >= 15 is 0 Å². The molecule has 0 radical (unpaired) electrons. The molecule has 0 unspecified atom stereocenters. The van der Waals surface area contributed by atoms with Gasteiger partial charge in [0.05, 0.1) is 12.2 Å². The van der Waals surface area contributed by atoms with Gasteiger partial charge in [0.15, 0.2) is 0 Å². The van der Waals surface area contributed by atoms with Crippen LogP contribution in [0.15, 0.2) is 48.5 Å². The van der Waals surface area contributed by atoms with E-state index in [1.807, 2.05) is 24.3 Å². The molecule has 0 saturated heterocycles. The Balaban J connectivity index is 1.77. The molecule has 2 aromatic carbocycles. The van der Waals surface area contributed by atoms with Gasteiger partial charge in [-0.05, 0) is 54.2 Å². The zero-order chi connectivity index (χ0) is 20.8. The summed E-state index contributed by atoms with van der Waals surface area (Å²) in [4.78, 5) is 11.9. The zero-order valence-electron chi connectivity index (χ0n) is 16.4. The molecule has 0 bridgehead atoms. The summed E-state index contributed by atoms with van der Waals surface area (Å²) in [6.45, 7) is 6.87. The fraction of sp³-hybridized carbons (Fsp3) is 0.409. The van der Waals surface area contributed by atoms with Crippen molar-refractivity contribution in [1.29, 1.82) is 0 Å². The Bertz CT molecular complexity index is 783. The minimum atomic E-state index is -4.43. The molecule has 3 nitrogen and oxygen atoms in total. The van der Waals surface area contributed by atoms with E-state index < -0.39 is 11.7 Å². The number of alkyl halides is 3. The van der Waals surface area contributed by atoms with Gasteiger partial charge in [0.1, 0.15) is 5.75 Å². The summed E-state index contributed by atoms with van der Waals surface area (Å²) >= 11 is 0. The Hall–Kier alpha value is -2.50. The highest BCUT2D eigenvalue weighted by Gasteiger charge is 2.30. The number of ether oxygens (including phenoxy) is 1. The van der Waals surface area contributed by atoms with Crippen LogP contribution in [0.25, 0.3) is 0 Å². The minimum absolute atomic E-state index is 0.111. The van der Waals surface area contributed by atoms with Crippen molar-refractivity contribution in [3.05, 3.63) is 59.7 Å². The van der Waals surface area contributed by atoms with Crippen molar-refractivity contribution in [2.75, 3.05) is 11.9 Å². The number of hydrogen-bond acceptors (Lipinski definition) is 2. The van der Waals surface area contributed by atoms with Crippen molar-refractivity contribution < 1.29 is 22.7 Å². The van der Waals surface area contributed by atoms with Crippen LogP contribution >= 0.6 is 0 Å². The highest BCUT2D eigenvalue weighted by Crippen LogP contribution is 2.31. The topological polar surface area (TPSA) is 38.3 Å². The molecule has 0 atom stereocenters. The van der Waals surface area contributed by atoms with E-state index in [0.29, 0.717) is 13.0 Å². The zero-order valence-corrected chi connectivity index (χ0v) is 16.4. The molecule has 6 heteroatoms. The van der Waals surface area contributed by atoms with E-state index in [9.17, 15) is 18.0 Å². The molecule has 1 amide bonds. The number of nitrogens with one attached hydrogen (secondary N) is 1. The van der Waals surface area contributed by atoms with Gasteiger partial charge in [0.2, 0.25) is 5.91 Å². The molecule has 1 N–H and O–H groups in total. The largest absolute Gasteiger partial charge is 0.494 e. The van der Waals surface area contributed by atoms with Crippen LogP contribution in [0, 0.1) is 0 Å². The highest BCUT2D eigenvalue weighted by molar-refractivity contribution is 5.90. The molecule has 0 aliphatic carbocycles. The van der Waals surface area contributed by atoms with E-state index in [1.54, 1.807) is 0 Å². The lowest BCUT2D eigenvalue weighted by Gasteiger charge is -2.23. The first-order valence-electron chi connectivity index (χ1n) is 9.32. The minimum Gasteiger partial charge on any atom is -0.494 e. The van der Waals surface area contributed by atoms with Crippen LogP contribution in [0.5, 0.6) is 5.75 Å². The van der Waals surface area contributed by atoms with Crippen LogP contribution in [0.2, 0.25) is 0 Å². The summed E-state index contributed by atoms with van der Waals surface area (Å²) in [6.07, 6.45) is -2.77. The lowest BCUT2D eigenvalue weighted by Crippen LogP contribution is -2.15. The highest BCUT2D eigenvalue weighted by atomic mass is 19.4. The van der Waals surface area contributed by atoms with Crippen molar-refractivity contribution in [2.45, 2.75) is 51.6 Å². The van der Waals surface area contributed by atoms with Crippen molar-refractivity contribution in [2.24, 2.45) is 0 Å². The third-order valence-electron chi connectivity index (χ3n) is 4.81. The molecule has 0 fully saturated rings. The van der Waals surface area contributed by atoms with Crippen LogP contribution in [-0.2, 0) is 16.4 Å². The van der Waals surface area contributed by atoms with Crippen LogP contribution in [-0.4, -0.2) is 12.5 Å². The van der Waals surface area contributed by atoms with Crippen LogP contribution in [0.1, 0.15) is 51.2 Å². The quantitative estimate of drug-likeness (QED) is 0.543. The van der Waals surface area contributed by atoms with Gasteiger partial charge in [0, 0.05) is 12.1 Å². The summed E-state index contributed by atoms with van der Waals surface area (Å²) in [5, 5.41) is 2.49. The monoisotopic (exact) mass is 393 g/mol. The van der Waals surface area contributed by atoms with Crippen molar-refractivity contribution in [1.82, 2.24) is 0 Å². The first-order chi connectivity index (χ1) is 13.1. The normalized spacial score (nSPS) is 11.9. The summed E-state index contributed by atoms with van der Waals surface area (Å²) < 4.78 is 43.7. The van der Waals surface area contributed by atoms with Crippen LogP contribution in [0.4, 0.5) is 18.9 Å². The van der Waals surface area contributed by atoms with E-state index in [2.05, 4.69) is 26.1 Å². The van der Waals surface area contributed by atoms with E-state index in [0.717, 1.165) is 24.3 Å². The predicted octanol–water partition coefficient (Wildman–Crippen LogP) is 6.19. The van der Waals surface area contributed by atoms with Gasteiger partial charge in [-0.1, -0.05) is 39.0 Å². The third-order valence-corrected chi connectivity index (χ3v) is 4.81. The van der Waals surface area contributed by atoms with Crippen molar-refractivity contribution >= 4 is 11.6 Å². The first-order valence-corrected chi connectivity index (χ1v) is 9.32. The third kappa shape index (κ3) is 6.29. The van der Waals surface area contributed by atoms with Crippen molar-refractivity contribution in [3.8, 4) is 5.75 Å². The fourth-order valence-corrected chi connectivity index (χ4v) is 2.63. The second-order valence-electron chi connectivity index (χ2n) is 7.34. The van der Waals surface area contributed by atoms with Gasteiger partial charge < -0.3 is 10.1 Å². The molecule has 0 heterocycles. The van der Waals surface area contributed by atoms with Gasteiger partial charge >= 0.3 is 6.18 Å². The second-order valence-corrected chi connectivity index (χ2v) is 7.34. The summed E-state index contributed by atoms with van der Waals surface area (Å²) in [5.74, 6) is 0.386. The lowest BCUT2D eigenvalue weighted by molar-refractivity contribution is -0.137. The number of benzene rings is 2. The number of anilines is 1. The number of carbonyl (C=O) groups excluding carboxylic acids is 1. The summed E-state index contributed by atoms with van der Waals surface area (Å²) in [7, 11) is 0. The average Bonchev–Trinajstić information content (AvgIpc) is 2.65. The Morgan fingerprint density at radius 1 is 1.04 bits per heavy atom. The van der Waals surface area contributed by atoms with Crippen molar-refractivity contribution in [3.63, 3.8) is 0 Å². The number of hydrogen-bond donors (Lipinski definition) is 1. The Morgan fingerprint density at radius 3 is 2.32 bits per heavy atom. The molecular formula is C22H26F3NO2. The average molecular weight is 393 g/mol. The second kappa shape index (κ2) is 9.13. The van der Waals surface area contributed by atoms with Gasteiger partial charge in [-0.3, -0.25) is 4.79 Å². The van der Waals surface area contributed by atoms with Crippen LogP contribution in [0.3, 0.4) is 0 Å². The van der Waals surface area contributed by atoms with Gasteiger partial charge in [0.25, 0.3) is 0 Å². The molecule has 0 aromatic heterocycles. The SMILES string of the molecule is CCC(C)(C)c1ccc(OCCCC(=O)Nc2cccc(C(F)(F)F)c2)cc1. The molecule has 0 aliphatic rings. The smallest absolute Gasteiger partial charge is 0.416 e. The molecule has 2 rings (SSSR count). The predicted molar refractivity (Wildman–Crippen MR) is 105 cm³/mol. The number of amides is 1. The number of halogens is 3. The maximum absolute atomic E-state index is 12.7. The maximum atomic E-state index is 12.7. The van der Waals surface area contributed by atoms with E-state index in [4.69, 9.17) is 4.74 Å². The summed E-state index contributed by atoms with van der Waals surface area (Å²) in [5.41, 5.74) is 0.695. The Kier molecular flexibility index (Phi) is 7.11. The van der Waals surface area contributed by atoms with Gasteiger partial charge in [-0.2, -0.15) is 13.2 Å². The molecule has 28 heavy (non-hydrogen) atoms. The Morgan fingerprint density at radius 2 is 1.71 bits per heavy atom. The maximum Gasteiger partial charge on any atom is 0.416 e. The van der Waals surface area contributed by atoms with Gasteiger partial charge in [-0.15, -0.1) is 0 Å². The molecule has 2 aromatic rings. The summed E-state index contributed by atoms with van der Waals surface area (Å²) in [6, 6.07) is 12.5.